The highest BCUT2D eigenvalue weighted by Gasteiger charge is 2.51. The molecule has 2 aliphatic rings. The largest absolute Gasteiger partial charge is 0.310 e. The minimum Gasteiger partial charge on any atom is -0.310 e. The highest BCUT2D eigenvalue weighted by Crippen LogP contribution is 2.63. The minimum atomic E-state index is -0.555. The molecule has 0 radical (unpaired) electrons. The molecule has 1 spiro atoms. The summed E-state index contributed by atoms with van der Waals surface area (Å²) in [7, 11) is 0. The number of hydrogen-bond donors (Lipinski definition) is 0. The number of thiophene rings is 1. The first-order valence-electron chi connectivity index (χ1n) is 24.8. The fourth-order valence-corrected chi connectivity index (χ4v) is 13.9. The lowest BCUT2D eigenvalue weighted by atomic mass is 9.64. The maximum atomic E-state index is 3.92. The van der Waals surface area contributed by atoms with Crippen molar-refractivity contribution in [2.24, 2.45) is 0 Å². The Hall–Kier alpha value is -8.96. The number of fused-ring (bicyclic) bond motifs is 16. The van der Waals surface area contributed by atoms with Gasteiger partial charge in [0.15, 0.2) is 0 Å². The van der Waals surface area contributed by atoms with Gasteiger partial charge in [-0.3, -0.25) is 0 Å². The molecule has 72 heavy (non-hydrogen) atoms. The van der Waals surface area contributed by atoms with Crippen molar-refractivity contribution >= 4 is 88.2 Å². The van der Waals surface area contributed by atoms with Crippen molar-refractivity contribution < 1.29 is 0 Å². The number of para-hydroxylation sites is 5. The van der Waals surface area contributed by atoms with Crippen LogP contribution in [-0.4, -0.2) is 9.13 Å². The van der Waals surface area contributed by atoms with Crippen molar-refractivity contribution in [1.82, 2.24) is 9.13 Å². The Morgan fingerprint density at radius 1 is 0.417 bits per heavy atom. The predicted molar refractivity (Wildman–Crippen MR) is 305 cm³/mol. The Morgan fingerprint density at radius 3 is 1.75 bits per heavy atom. The molecule has 10 aromatic carbocycles. The van der Waals surface area contributed by atoms with Gasteiger partial charge in [-0.15, -0.1) is 11.3 Å². The van der Waals surface area contributed by atoms with Gasteiger partial charge in [-0.25, -0.2) is 0 Å². The molecule has 0 fully saturated rings. The first-order valence-corrected chi connectivity index (χ1v) is 25.6. The Balaban J connectivity index is 0.937. The standard InChI is InChI=1S/C68H45N3S/c1-3-4-33-66-43(2)48-24-18-25-49(67(48)72-66)44-34-37-54-52-22-9-14-29-60(52)71(65(54)40-44)46-36-39-62-55(41-46)53-23-10-15-30-61(53)70(62)47-35-38-51-50-21-8-11-26-56(50)68(59(51)42-47)57-27-12-16-31-63(57)69(45-19-6-5-7-20-45)64-32-17-13-28-58(64)68/h3-42H,1H2,2H3/b33-4-. The summed E-state index contributed by atoms with van der Waals surface area (Å²) >= 11 is 1.86. The Bertz CT molecular complexity index is 4400. The van der Waals surface area contributed by atoms with Crippen molar-refractivity contribution in [1.29, 1.82) is 0 Å². The van der Waals surface area contributed by atoms with Crippen LogP contribution in [0.15, 0.2) is 243 Å². The topological polar surface area (TPSA) is 13.1 Å². The molecule has 1 aliphatic carbocycles. The van der Waals surface area contributed by atoms with E-state index in [2.05, 4.69) is 258 Å². The third kappa shape index (κ3) is 5.55. The lowest BCUT2D eigenvalue weighted by Gasteiger charge is -2.45. The van der Waals surface area contributed by atoms with Crippen LogP contribution in [0.3, 0.4) is 0 Å². The number of anilines is 3. The highest BCUT2D eigenvalue weighted by atomic mass is 32.1. The van der Waals surface area contributed by atoms with Crippen LogP contribution in [-0.2, 0) is 5.41 Å². The van der Waals surface area contributed by atoms with Crippen LogP contribution in [0.4, 0.5) is 17.1 Å². The predicted octanol–water partition coefficient (Wildman–Crippen LogP) is 18.4. The van der Waals surface area contributed by atoms with Gasteiger partial charge in [-0.2, -0.15) is 0 Å². The molecule has 0 amide bonds. The average Bonchev–Trinajstić information content (AvgIpc) is 4.15. The van der Waals surface area contributed by atoms with E-state index in [-0.39, 0.29) is 0 Å². The second kappa shape index (κ2) is 15.5. The fraction of sp³-hybridized carbons (Fsp3) is 0.0294. The van der Waals surface area contributed by atoms with Gasteiger partial charge in [0.05, 0.1) is 38.9 Å². The zero-order valence-corrected chi connectivity index (χ0v) is 40.4. The second-order valence-corrected chi connectivity index (χ2v) is 20.3. The zero-order valence-electron chi connectivity index (χ0n) is 39.6. The quantitative estimate of drug-likeness (QED) is 0.151. The summed E-state index contributed by atoms with van der Waals surface area (Å²) in [5.41, 5.74) is 21.5. The third-order valence-corrected chi connectivity index (χ3v) is 17.0. The van der Waals surface area contributed by atoms with E-state index >= 15 is 0 Å². The maximum Gasteiger partial charge on any atom is 0.0755 e. The Kier molecular flexibility index (Phi) is 8.81. The number of rotatable bonds is 6. The smallest absolute Gasteiger partial charge is 0.0755 e. The first kappa shape index (κ1) is 40.9. The van der Waals surface area contributed by atoms with E-state index in [1.54, 1.807) is 0 Å². The molecule has 0 unspecified atom stereocenters. The summed E-state index contributed by atoms with van der Waals surface area (Å²) in [6.07, 6.45) is 6.06. The summed E-state index contributed by atoms with van der Waals surface area (Å²) in [4.78, 5) is 3.72. The molecule has 4 heteroatoms. The lowest BCUT2D eigenvalue weighted by molar-refractivity contribution is 0.752. The van der Waals surface area contributed by atoms with Gasteiger partial charge in [0.25, 0.3) is 0 Å². The van der Waals surface area contributed by atoms with E-state index in [0.29, 0.717) is 0 Å². The molecular formula is C68H45N3S. The molecule has 338 valence electrons. The van der Waals surface area contributed by atoms with Crippen molar-refractivity contribution in [3.05, 3.63) is 276 Å². The molecule has 0 saturated carbocycles. The maximum absolute atomic E-state index is 3.92. The van der Waals surface area contributed by atoms with E-state index in [4.69, 9.17) is 0 Å². The first-order chi connectivity index (χ1) is 35.6. The molecular weight excluding hydrogens is 891 g/mol. The Labute approximate surface area is 421 Å². The molecule has 3 nitrogen and oxygen atoms in total. The normalized spacial score (nSPS) is 13.4. The molecule has 3 aromatic heterocycles. The Morgan fingerprint density at radius 2 is 0.986 bits per heavy atom. The molecule has 0 atom stereocenters. The average molecular weight is 936 g/mol. The van der Waals surface area contributed by atoms with E-state index in [1.807, 2.05) is 23.5 Å². The van der Waals surface area contributed by atoms with Gasteiger partial charge < -0.3 is 14.0 Å². The number of benzene rings is 10. The van der Waals surface area contributed by atoms with E-state index in [9.17, 15) is 0 Å². The van der Waals surface area contributed by atoms with Crippen LogP contribution >= 0.6 is 11.3 Å². The van der Waals surface area contributed by atoms with Crippen LogP contribution in [0.1, 0.15) is 32.7 Å². The van der Waals surface area contributed by atoms with Gasteiger partial charge >= 0.3 is 0 Å². The van der Waals surface area contributed by atoms with Gasteiger partial charge in [0.1, 0.15) is 0 Å². The monoisotopic (exact) mass is 935 g/mol. The number of allylic oxidation sites excluding steroid dienone is 2. The molecule has 0 N–H and O–H groups in total. The SMILES string of the molecule is C=C/C=C\c1sc2c(-c3ccc4c5ccccc5n(-c5ccc6c(c5)c5ccccc5n6-c5ccc6c(c5)C5(c7ccccc7-6)c6ccccc6N(c6ccccc6)c6ccccc65)c4c3)cccc2c1C. The van der Waals surface area contributed by atoms with Crippen LogP contribution in [0.25, 0.3) is 93.4 Å². The molecule has 15 rings (SSSR count). The summed E-state index contributed by atoms with van der Waals surface area (Å²) in [6.45, 7) is 6.15. The summed E-state index contributed by atoms with van der Waals surface area (Å²) < 4.78 is 6.28. The van der Waals surface area contributed by atoms with Gasteiger partial charge in [-0.05, 0) is 141 Å². The third-order valence-electron chi connectivity index (χ3n) is 15.7. The van der Waals surface area contributed by atoms with Crippen molar-refractivity contribution in [2.45, 2.75) is 12.3 Å². The fourth-order valence-electron chi connectivity index (χ4n) is 12.7. The van der Waals surface area contributed by atoms with Gasteiger partial charge in [-0.1, -0.05) is 170 Å². The van der Waals surface area contributed by atoms with E-state index in [1.165, 1.54) is 120 Å². The van der Waals surface area contributed by atoms with Crippen LogP contribution in [0.5, 0.6) is 0 Å². The minimum absolute atomic E-state index is 0.555. The van der Waals surface area contributed by atoms with Crippen molar-refractivity contribution in [2.75, 3.05) is 4.90 Å². The molecule has 0 saturated heterocycles. The van der Waals surface area contributed by atoms with Gasteiger partial charge in [0, 0.05) is 48.2 Å². The van der Waals surface area contributed by atoms with E-state index < -0.39 is 5.41 Å². The summed E-state index contributed by atoms with van der Waals surface area (Å²) in [5.74, 6) is 0. The second-order valence-electron chi connectivity index (χ2n) is 19.2. The molecule has 13 aromatic rings. The lowest BCUT2D eigenvalue weighted by Crippen LogP contribution is -2.36. The molecule has 0 bridgehead atoms. The number of hydrogen-bond acceptors (Lipinski definition) is 2. The van der Waals surface area contributed by atoms with E-state index in [0.717, 1.165) is 17.1 Å². The summed E-state index contributed by atoms with van der Waals surface area (Å²) in [5, 5.41) is 6.23. The number of aryl methyl sites for hydroxylation is 1. The highest BCUT2D eigenvalue weighted by molar-refractivity contribution is 7.20. The molecule has 4 heterocycles. The molecule has 1 aliphatic heterocycles. The zero-order chi connectivity index (χ0) is 47.7. The van der Waals surface area contributed by atoms with Gasteiger partial charge in [0.2, 0.25) is 0 Å². The number of nitrogens with zero attached hydrogens (tertiary/aromatic N) is 3. The van der Waals surface area contributed by atoms with Crippen LogP contribution in [0, 0.1) is 6.92 Å². The summed E-state index contributed by atoms with van der Waals surface area (Å²) in [6, 6.07) is 83.9. The van der Waals surface area contributed by atoms with Crippen LogP contribution < -0.4 is 4.90 Å². The van der Waals surface area contributed by atoms with Crippen molar-refractivity contribution in [3.63, 3.8) is 0 Å². The number of aromatic nitrogens is 2. The van der Waals surface area contributed by atoms with Crippen LogP contribution in [0.2, 0.25) is 0 Å². The van der Waals surface area contributed by atoms with Crippen molar-refractivity contribution in [3.8, 4) is 33.6 Å².